The maximum absolute atomic E-state index is 12.4. The fourth-order valence-corrected chi connectivity index (χ4v) is 3.04. The van der Waals surface area contributed by atoms with Crippen molar-refractivity contribution in [3.05, 3.63) is 63.6 Å². The van der Waals surface area contributed by atoms with Gasteiger partial charge in [0.05, 0.1) is 21.8 Å². The Bertz CT molecular complexity index is 957. The van der Waals surface area contributed by atoms with Gasteiger partial charge in [0.2, 0.25) is 0 Å². The number of esters is 1. The van der Waals surface area contributed by atoms with Crippen molar-refractivity contribution in [2.24, 2.45) is 0 Å². The summed E-state index contributed by atoms with van der Waals surface area (Å²) in [5.41, 5.74) is 0.713. The van der Waals surface area contributed by atoms with Crippen molar-refractivity contribution < 1.29 is 23.9 Å². The van der Waals surface area contributed by atoms with Gasteiger partial charge in [-0.2, -0.15) is 0 Å². The predicted octanol–water partition coefficient (Wildman–Crippen LogP) is 3.16. The smallest absolute Gasteiger partial charge is 0.329 e. The highest BCUT2D eigenvalue weighted by atomic mass is 35.5. The van der Waals surface area contributed by atoms with Crippen molar-refractivity contribution in [3.8, 4) is 0 Å². The molecule has 2 aromatic carbocycles. The van der Waals surface area contributed by atoms with Crippen LogP contribution in [0.5, 0.6) is 0 Å². The summed E-state index contributed by atoms with van der Waals surface area (Å²) in [5.74, 6) is -2.70. The number of nitrogens with zero attached hydrogens (tertiary/aromatic N) is 1. The van der Waals surface area contributed by atoms with Gasteiger partial charge in [0.15, 0.2) is 6.61 Å². The number of nitrogens with one attached hydrogen (secondary N) is 1. The molecule has 3 amide bonds. The molecule has 0 fully saturated rings. The monoisotopic (exact) mass is 420 g/mol. The molecule has 1 aliphatic heterocycles. The van der Waals surface area contributed by atoms with Crippen LogP contribution in [0.2, 0.25) is 10.0 Å². The van der Waals surface area contributed by atoms with Crippen LogP contribution in [0.25, 0.3) is 0 Å². The molecule has 144 valence electrons. The second kappa shape index (κ2) is 8.00. The Labute approximate surface area is 170 Å². The van der Waals surface area contributed by atoms with Gasteiger partial charge in [0, 0.05) is 5.02 Å². The van der Waals surface area contributed by atoms with Crippen molar-refractivity contribution in [1.82, 2.24) is 4.90 Å². The number of rotatable bonds is 5. The van der Waals surface area contributed by atoms with E-state index in [1.807, 2.05) is 0 Å². The SMILES string of the molecule is C[C@@H](C(=O)OCC(=O)Nc1cc(Cl)ccc1Cl)N1C(=O)c2ccccc2C1=O. The Balaban J connectivity index is 1.61. The van der Waals surface area contributed by atoms with Crippen LogP contribution in [0.1, 0.15) is 27.6 Å². The first-order valence-corrected chi connectivity index (χ1v) is 8.93. The molecule has 0 radical (unpaired) electrons. The van der Waals surface area contributed by atoms with Crippen LogP contribution in [-0.2, 0) is 14.3 Å². The molecule has 0 saturated heterocycles. The number of hydrogen-bond donors (Lipinski definition) is 1. The zero-order chi connectivity index (χ0) is 20.4. The van der Waals surface area contributed by atoms with E-state index in [0.29, 0.717) is 5.02 Å². The summed E-state index contributed by atoms with van der Waals surface area (Å²) in [6, 6.07) is 9.61. The Morgan fingerprint density at radius 2 is 1.68 bits per heavy atom. The molecule has 2 aromatic rings. The fraction of sp³-hybridized carbons (Fsp3) is 0.158. The molecule has 1 N–H and O–H groups in total. The molecule has 0 saturated carbocycles. The topological polar surface area (TPSA) is 92.8 Å². The lowest BCUT2D eigenvalue weighted by Crippen LogP contribution is -2.44. The van der Waals surface area contributed by atoms with Crippen molar-refractivity contribution >= 4 is 52.6 Å². The number of amides is 3. The quantitative estimate of drug-likeness (QED) is 0.592. The fourth-order valence-electron chi connectivity index (χ4n) is 2.70. The van der Waals surface area contributed by atoms with E-state index in [2.05, 4.69) is 5.32 Å². The number of carbonyl (C=O) groups excluding carboxylic acids is 4. The van der Waals surface area contributed by atoms with E-state index in [1.165, 1.54) is 31.2 Å². The van der Waals surface area contributed by atoms with Crippen molar-refractivity contribution in [2.75, 3.05) is 11.9 Å². The third-order valence-corrected chi connectivity index (χ3v) is 4.67. The lowest BCUT2D eigenvalue weighted by atomic mass is 10.1. The lowest BCUT2D eigenvalue weighted by molar-refractivity contribution is -0.150. The second-order valence-corrected chi connectivity index (χ2v) is 6.83. The van der Waals surface area contributed by atoms with E-state index >= 15 is 0 Å². The van der Waals surface area contributed by atoms with E-state index in [1.54, 1.807) is 18.2 Å². The molecule has 0 spiro atoms. The molecule has 7 nitrogen and oxygen atoms in total. The van der Waals surface area contributed by atoms with Crippen LogP contribution in [-0.4, -0.2) is 41.2 Å². The number of benzene rings is 2. The molecule has 0 aromatic heterocycles. The van der Waals surface area contributed by atoms with E-state index in [-0.39, 0.29) is 21.8 Å². The summed E-state index contributed by atoms with van der Waals surface area (Å²) in [6.45, 7) is 0.741. The van der Waals surface area contributed by atoms with Gasteiger partial charge >= 0.3 is 5.97 Å². The van der Waals surface area contributed by atoms with Crippen LogP contribution in [0.4, 0.5) is 5.69 Å². The number of fused-ring (bicyclic) bond motifs is 1. The van der Waals surface area contributed by atoms with Crippen molar-refractivity contribution in [3.63, 3.8) is 0 Å². The minimum atomic E-state index is -1.19. The van der Waals surface area contributed by atoms with Gasteiger partial charge in [-0.1, -0.05) is 35.3 Å². The predicted molar refractivity (Wildman–Crippen MR) is 102 cm³/mol. The molecule has 0 unspecified atom stereocenters. The summed E-state index contributed by atoms with van der Waals surface area (Å²) >= 11 is 11.8. The molecule has 1 aliphatic rings. The second-order valence-electron chi connectivity index (χ2n) is 5.98. The zero-order valence-electron chi connectivity index (χ0n) is 14.6. The normalized spacial score (nSPS) is 13.9. The minimum Gasteiger partial charge on any atom is -0.454 e. The number of ether oxygens (including phenoxy) is 1. The molecule has 0 aliphatic carbocycles. The average molecular weight is 421 g/mol. The number of halogens is 2. The Morgan fingerprint density at radius 3 is 2.29 bits per heavy atom. The molecule has 0 bridgehead atoms. The van der Waals surface area contributed by atoms with Crippen LogP contribution in [0.3, 0.4) is 0 Å². The molecule has 28 heavy (non-hydrogen) atoms. The molecule has 1 heterocycles. The third-order valence-electron chi connectivity index (χ3n) is 4.10. The Kier molecular flexibility index (Phi) is 5.67. The Hall–Kier alpha value is -2.90. The summed E-state index contributed by atoms with van der Waals surface area (Å²) in [7, 11) is 0. The summed E-state index contributed by atoms with van der Waals surface area (Å²) in [6.07, 6.45) is 0. The zero-order valence-corrected chi connectivity index (χ0v) is 16.1. The summed E-state index contributed by atoms with van der Waals surface area (Å²) in [5, 5.41) is 3.10. The molecular weight excluding hydrogens is 407 g/mol. The van der Waals surface area contributed by atoms with Gasteiger partial charge in [-0.15, -0.1) is 0 Å². The average Bonchev–Trinajstić information content (AvgIpc) is 2.93. The number of hydrogen-bond acceptors (Lipinski definition) is 5. The molecule has 3 rings (SSSR count). The number of anilines is 1. The van der Waals surface area contributed by atoms with Gasteiger partial charge in [0.1, 0.15) is 6.04 Å². The van der Waals surface area contributed by atoms with Crippen molar-refractivity contribution in [1.29, 1.82) is 0 Å². The maximum Gasteiger partial charge on any atom is 0.329 e. The van der Waals surface area contributed by atoms with Gasteiger partial charge in [-0.05, 0) is 37.3 Å². The largest absolute Gasteiger partial charge is 0.454 e. The van der Waals surface area contributed by atoms with E-state index in [4.69, 9.17) is 27.9 Å². The molecular formula is C19H14Cl2N2O5. The van der Waals surface area contributed by atoms with Crippen LogP contribution in [0.15, 0.2) is 42.5 Å². The van der Waals surface area contributed by atoms with Crippen LogP contribution < -0.4 is 5.32 Å². The highest BCUT2D eigenvalue weighted by Gasteiger charge is 2.41. The lowest BCUT2D eigenvalue weighted by Gasteiger charge is -2.20. The van der Waals surface area contributed by atoms with Gasteiger partial charge in [-0.25, -0.2) is 4.79 Å². The van der Waals surface area contributed by atoms with E-state index < -0.39 is 36.3 Å². The summed E-state index contributed by atoms with van der Waals surface area (Å²) < 4.78 is 4.94. The van der Waals surface area contributed by atoms with Crippen molar-refractivity contribution in [2.45, 2.75) is 13.0 Å². The molecule has 9 heteroatoms. The highest BCUT2D eigenvalue weighted by Crippen LogP contribution is 2.26. The number of imide groups is 1. The van der Waals surface area contributed by atoms with E-state index in [9.17, 15) is 19.2 Å². The first-order chi connectivity index (χ1) is 13.3. The van der Waals surface area contributed by atoms with Crippen LogP contribution >= 0.6 is 23.2 Å². The first kappa shape index (κ1) is 19.9. The minimum absolute atomic E-state index is 0.223. The standard InChI is InChI=1S/C19H14Cl2N2O5/c1-10(23-17(25)12-4-2-3-5-13(12)18(23)26)19(27)28-9-16(24)22-15-8-11(20)6-7-14(15)21/h2-8,10H,9H2,1H3,(H,22,24)/t10-/m0/s1. The van der Waals surface area contributed by atoms with Gasteiger partial charge in [-0.3, -0.25) is 19.3 Å². The Morgan fingerprint density at radius 1 is 1.07 bits per heavy atom. The van der Waals surface area contributed by atoms with Gasteiger partial charge in [0.25, 0.3) is 17.7 Å². The third kappa shape index (κ3) is 3.85. The molecule has 1 atom stereocenters. The highest BCUT2D eigenvalue weighted by molar-refractivity contribution is 6.35. The maximum atomic E-state index is 12.4. The van der Waals surface area contributed by atoms with E-state index in [0.717, 1.165) is 4.90 Å². The number of carbonyl (C=O) groups is 4. The van der Waals surface area contributed by atoms with Gasteiger partial charge < -0.3 is 10.1 Å². The van der Waals surface area contributed by atoms with Crippen LogP contribution in [0, 0.1) is 0 Å². The summed E-state index contributed by atoms with van der Waals surface area (Å²) in [4.78, 5) is 49.9. The first-order valence-electron chi connectivity index (χ1n) is 8.18.